The van der Waals surface area contributed by atoms with E-state index in [0.29, 0.717) is 14.7 Å². The minimum atomic E-state index is -0.342. The fraction of sp³-hybridized carbons (Fsp3) is 0. The minimum absolute atomic E-state index is 0.118. The largest absolute Gasteiger partial charge is 0.289 e. The fourth-order valence-electron chi connectivity index (χ4n) is 2.12. The summed E-state index contributed by atoms with van der Waals surface area (Å²) in [7, 11) is 0. The molecule has 0 aliphatic carbocycles. The van der Waals surface area contributed by atoms with Gasteiger partial charge in [0.05, 0.1) is 5.52 Å². The number of benzene rings is 2. The molecule has 3 aromatic rings. The quantitative estimate of drug-likeness (QED) is 0.495. The van der Waals surface area contributed by atoms with Crippen molar-refractivity contribution in [3.05, 3.63) is 75.2 Å². The molecule has 20 heavy (non-hydrogen) atoms. The summed E-state index contributed by atoms with van der Waals surface area (Å²) in [5.41, 5.74) is 1.86. The molecule has 0 saturated heterocycles. The molecule has 98 valence electrons. The SMILES string of the molecule is O=C(c1ccc(F)cc1I)c1cccc2ncccc12. The van der Waals surface area contributed by atoms with Gasteiger partial charge in [0.2, 0.25) is 0 Å². The maximum atomic E-state index is 13.1. The van der Waals surface area contributed by atoms with Crippen LogP contribution >= 0.6 is 22.6 Å². The Kier molecular flexibility index (Phi) is 3.48. The average Bonchev–Trinajstić information content (AvgIpc) is 2.46. The Morgan fingerprint density at radius 2 is 1.90 bits per heavy atom. The third-order valence-electron chi connectivity index (χ3n) is 3.07. The van der Waals surface area contributed by atoms with Crippen molar-refractivity contribution in [2.24, 2.45) is 0 Å². The van der Waals surface area contributed by atoms with Crippen LogP contribution in [0.3, 0.4) is 0 Å². The van der Waals surface area contributed by atoms with Gasteiger partial charge in [-0.15, -0.1) is 0 Å². The van der Waals surface area contributed by atoms with Crippen LogP contribution < -0.4 is 0 Å². The third-order valence-corrected chi connectivity index (χ3v) is 3.96. The molecule has 3 rings (SSSR count). The van der Waals surface area contributed by atoms with Crippen LogP contribution in [0, 0.1) is 9.39 Å². The number of hydrogen-bond acceptors (Lipinski definition) is 2. The molecule has 0 unspecified atom stereocenters. The summed E-state index contributed by atoms with van der Waals surface area (Å²) in [4.78, 5) is 16.9. The van der Waals surface area contributed by atoms with E-state index in [2.05, 4.69) is 4.98 Å². The van der Waals surface area contributed by atoms with Crippen LogP contribution in [-0.4, -0.2) is 10.8 Å². The number of halogens is 2. The maximum absolute atomic E-state index is 13.1. The number of pyridine rings is 1. The van der Waals surface area contributed by atoms with E-state index in [1.54, 1.807) is 24.4 Å². The number of aromatic nitrogens is 1. The maximum Gasteiger partial charge on any atom is 0.194 e. The van der Waals surface area contributed by atoms with Crippen LogP contribution in [0.2, 0.25) is 0 Å². The summed E-state index contributed by atoms with van der Waals surface area (Å²) in [6, 6.07) is 13.3. The van der Waals surface area contributed by atoms with Gasteiger partial charge in [-0.05, 0) is 52.9 Å². The molecular weight excluding hydrogens is 368 g/mol. The van der Waals surface area contributed by atoms with Crippen molar-refractivity contribution >= 4 is 39.3 Å². The highest BCUT2D eigenvalue weighted by Crippen LogP contribution is 2.23. The van der Waals surface area contributed by atoms with Crippen molar-refractivity contribution < 1.29 is 9.18 Å². The normalized spacial score (nSPS) is 10.7. The molecule has 0 aliphatic heterocycles. The molecule has 4 heteroatoms. The topological polar surface area (TPSA) is 30.0 Å². The highest BCUT2D eigenvalue weighted by molar-refractivity contribution is 14.1. The first-order valence-corrected chi connectivity index (χ1v) is 7.08. The summed E-state index contributed by atoms with van der Waals surface area (Å²) < 4.78 is 13.7. The first-order chi connectivity index (χ1) is 9.66. The Bertz CT molecular complexity index is 811. The Hall–Kier alpha value is -1.82. The second-order valence-electron chi connectivity index (χ2n) is 4.33. The van der Waals surface area contributed by atoms with Crippen LogP contribution in [-0.2, 0) is 0 Å². The summed E-state index contributed by atoms with van der Waals surface area (Å²) in [5, 5.41) is 0.806. The van der Waals surface area contributed by atoms with E-state index in [-0.39, 0.29) is 11.6 Å². The molecule has 1 heterocycles. The summed E-state index contributed by atoms with van der Waals surface area (Å²) in [5.74, 6) is -0.460. The van der Waals surface area contributed by atoms with E-state index >= 15 is 0 Å². The zero-order valence-electron chi connectivity index (χ0n) is 10.3. The molecule has 0 atom stereocenters. The smallest absolute Gasteiger partial charge is 0.194 e. The Balaban J connectivity index is 2.18. The van der Waals surface area contributed by atoms with Crippen LogP contribution in [0.15, 0.2) is 54.7 Å². The first kappa shape index (κ1) is 13.2. The van der Waals surface area contributed by atoms with Crippen molar-refractivity contribution in [3.63, 3.8) is 0 Å². The van der Waals surface area contributed by atoms with E-state index in [1.807, 2.05) is 34.7 Å². The molecule has 2 aromatic carbocycles. The summed E-state index contributed by atoms with van der Waals surface area (Å²) in [6.07, 6.45) is 1.69. The average molecular weight is 377 g/mol. The van der Waals surface area contributed by atoms with Gasteiger partial charge in [-0.3, -0.25) is 9.78 Å². The monoisotopic (exact) mass is 377 g/mol. The first-order valence-electron chi connectivity index (χ1n) is 6.00. The summed E-state index contributed by atoms with van der Waals surface area (Å²) in [6.45, 7) is 0. The Labute approximate surface area is 128 Å². The second kappa shape index (κ2) is 5.28. The van der Waals surface area contributed by atoms with Gasteiger partial charge in [-0.25, -0.2) is 4.39 Å². The lowest BCUT2D eigenvalue weighted by Crippen LogP contribution is -2.05. The molecule has 0 radical (unpaired) electrons. The Morgan fingerprint density at radius 3 is 2.70 bits per heavy atom. The number of ketones is 1. The lowest BCUT2D eigenvalue weighted by Gasteiger charge is -2.07. The van der Waals surface area contributed by atoms with Crippen molar-refractivity contribution in [1.82, 2.24) is 4.98 Å². The number of nitrogens with zero attached hydrogens (tertiary/aromatic N) is 1. The molecule has 0 fully saturated rings. The van der Waals surface area contributed by atoms with Crippen LogP contribution in [0.4, 0.5) is 4.39 Å². The van der Waals surface area contributed by atoms with E-state index in [0.717, 1.165) is 10.9 Å². The molecule has 0 spiro atoms. The van der Waals surface area contributed by atoms with Crippen molar-refractivity contribution in [1.29, 1.82) is 0 Å². The number of carbonyl (C=O) groups excluding carboxylic acids is 1. The second-order valence-corrected chi connectivity index (χ2v) is 5.49. The van der Waals surface area contributed by atoms with Gasteiger partial charge in [0.15, 0.2) is 5.78 Å². The third kappa shape index (κ3) is 2.31. The lowest BCUT2D eigenvalue weighted by atomic mass is 9.99. The number of rotatable bonds is 2. The number of fused-ring (bicyclic) bond motifs is 1. The molecule has 0 bridgehead atoms. The minimum Gasteiger partial charge on any atom is -0.289 e. The molecule has 0 saturated carbocycles. The molecule has 2 nitrogen and oxygen atoms in total. The van der Waals surface area contributed by atoms with E-state index in [9.17, 15) is 9.18 Å². The zero-order valence-corrected chi connectivity index (χ0v) is 12.5. The predicted molar refractivity (Wildman–Crippen MR) is 84.3 cm³/mol. The van der Waals surface area contributed by atoms with Gasteiger partial charge < -0.3 is 0 Å². The van der Waals surface area contributed by atoms with Crippen molar-refractivity contribution in [2.45, 2.75) is 0 Å². The standard InChI is InChI=1S/C16H9FINO/c17-10-6-7-13(14(18)9-10)16(20)12-3-1-5-15-11(12)4-2-8-19-15/h1-9H. The van der Waals surface area contributed by atoms with Gasteiger partial charge >= 0.3 is 0 Å². The van der Waals surface area contributed by atoms with Gasteiger partial charge in [-0.1, -0.05) is 18.2 Å². The van der Waals surface area contributed by atoms with Gasteiger partial charge in [0, 0.05) is 26.3 Å². The van der Waals surface area contributed by atoms with E-state index in [1.165, 1.54) is 18.2 Å². The molecule has 0 N–H and O–H groups in total. The molecule has 0 amide bonds. The lowest BCUT2D eigenvalue weighted by molar-refractivity contribution is 0.103. The van der Waals surface area contributed by atoms with Gasteiger partial charge in [-0.2, -0.15) is 0 Å². The van der Waals surface area contributed by atoms with Crippen LogP contribution in [0.5, 0.6) is 0 Å². The van der Waals surface area contributed by atoms with Crippen molar-refractivity contribution in [3.8, 4) is 0 Å². The highest BCUT2D eigenvalue weighted by atomic mass is 127. The zero-order chi connectivity index (χ0) is 14.1. The van der Waals surface area contributed by atoms with Gasteiger partial charge in [0.1, 0.15) is 5.82 Å². The summed E-state index contributed by atoms with van der Waals surface area (Å²) >= 11 is 1.98. The Morgan fingerprint density at radius 1 is 1.05 bits per heavy atom. The molecule has 1 aromatic heterocycles. The van der Waals surface area contributed by atoms with E-state index < -0.39 is 0 Å². The fourth-order valence-corrected chi connectivity index (χ4v) is 2.84. The van der Waals surface area contributed by atoms with E-state index in [4.69, 9.17) is 0 Å². The number of carbonyl (C=O) groups is 1. The van der Waals surface area contributed by atoms with Crippen LogP contribution in [0.1, 0.15) is 15.9 Å². The number of hydrogen-bond donors (Lipinski definition) is 0. The molecular formula is C16H9FINO. The van der Waals surface area contributed by atoms with Crippen molar-refractivity contribution in [2.75, 3.05) is 0 Å². The van der Waals surface area contributed by atoms with Gasteiger partial charge in [0.25, 0.3) is 0 Å². The highest BCUT2D eigenvalue weighted by Gasteiger charge is 2.15. The molecule has 0 aliphatic rings. The predicted octanol–water partition coefficient (Wildman–Crippen LogP) is 4.21. The van der Waals surface area contributed by atoms with Crippen LogP contribution in [0.25, 0.3) is 10.9 Å².